The molecule has 3 atom stereocenters. The van der Waals surface area contributed by atoms with Gasteiger partial charge in [-0.05, 0) is 48.1 Å². The maximum Gasteiger partial charge on any atom is 0.296 e. The average molecular weight is 570 g/mol. The van der Waals surface area contributed by atoms with Crippen molar-refractivity contribution in [1.29, 1.82) is 0 Å². The van der Waals surface area contributed by atoms with Gasteiger partial charge in [-0.25, -0.2) is 13.4 Å². The van der Waals surface area contributed by atoms with Crippen LogP contribution in [0.3, 0.4) is 0 Å². The Bertz CT molecular complexity index is 1590. The van der Waals surface area contributed by atoms with Gasteiger partial charge in [0.2, 0.25) is 0 Å². The lowest BCUT2D eigenvalue weighted by atomic mass is 10.0. The number of sulfone groups is 1. The predicted molar refractivity (Wildman–Crippen MR) is 146 cm³/mol. The molecular formula is C28H28ClN3O6S. The molecule has 3 N–H and O–H groups in total. The fourth-order valence-electron chi connectivity index (χ4n) is 4.77. The van der Waals surface area contributed by atoms with Crippen molar-refractivity contribution < 1.29 is 28.1 Å². The van der Waals surface area contributed by atoms with Crippen LogP contribution in [0.1, 0.15) is 19.3 Å². The highest BCUT2D eigenvalue weighted by Crippen LogP contribution is 2.34. The van der Waals surface area contributed by atoms with Gasteiger partial charge in [-0.2, -0.15) is 4.98 Å². The standard InChI is InChI=1S/C28H28ClN3O6S/c29-22-12-23-27(32-28(30-23)38-20-11-24(34)25(13-33)37-14-20)31-26(22)19-5-3-17(4-6-19)18-7-9-21(10-8-18)39(35,36)15-16-1-2-16/h3-10,12,16,20,24-25,33-34H,1-2,11,13-15H2,(H,30,31,32)/t20-,24+,25-/m1/s1. The summed E-state index contributed by atoms with van der Waals surface area (Å²) in [4.78, 5) is 12.5. The lowest BCUT2D eigenvalue weighted by Crippen LogP contribution is -2.45. The molecule has 1 aliphatic heterocycles. The molecule has 0 radical (unpaired) electrons. The normalized spacial score (nSPS) is 21.8. The summed E-state index contributed by atoms with van der Waals surface area (Å²) >= 11 is 6.56. The number of imidazole rings is 1. The Morgan fingerprint density at radius 2 is 1.69 bits per heavy atom. The fraction of sp³-hybridized carbons (Fsp3) is 0.357. The van der Waals surface area contributed by atoms with Crippen molar-refractivity contribution in [2.24, 2.45) is 5.92 Å². The Hall–Kier alpha value is -3.02. The second-order valence-electron chi connectivity index (χ2n) is 10.2. The van der Waals surface area contributed by atoms with Crippen molar-refractivity contribution in [2.75, 3.05) is 19.0 Å². The van der Waals surface area contributed by atoms with Crippen LogP contribution in [0.4, 0.5) is 0 Å². The summed E-state index contributed by atoms with van der Waals surface area (Å²) in [5.41, 5.74) is 4.27. The van der Waals surface area contributed by atoms with E-state index in [1.54, 1.807) is 18.2 Å². The number of hydrogen-bond donors (Lipinski definition) is 3. The topological polar surface area (TPSA) is 135 Å². The molecule has 2 fully saturated rings. The monoisotopic (exact) mass is 569 g/mol. The van der Waals surface area contributed by atoms with Crippen LogP contribution in [0, 0.1) is 5.92 Å². The van der Waals surface area contributed by atoms with Crippen molar-refractivity contribution in [2.45, 2.75) is 42.5 Å². The number of rotatable bonds is 8. The second-order valence-corrected chi connectivity index (χ2v) is 12.6. The molecule has 0 bridgehead atoms. The van der Waals surface area contributed by atoms with E-state index in [1.165, 1.54) is 0 Å². The molecule has 4 aromatic rings. The van der Waals surface area contributed by atoms with Crippen LogP contribution in [0.15, 0.2) is 59.5 Å². The van der Waals surface area contributed by atoms with E-state index in [0.717, 1.165) is 29.5 Å². The van der Waals surface area contributed by atoms with Crippen LogP contribution < -0.4 is 4.74 Å². The molecule has 1 saturated heterocycles. The van der Waals surface area contributed by atoms with E-state index in [0.29, 0.717) is 39.1 Å². The van der Waals surface area contributed by atoms with Gasteiger partial charge in [0.1, 0.15) is 12.2 Å². The molecule has 9 nitrogen and oxygen atoms in total. The SMILES string of the molecule is O=S(=O)(CC1CC1)c1ccc(-c2ccc(-c3nc4nc(O[C@H]5CO[C@H](CO)[C@@H](O)C5)[nH]c4cc3Cl)cc2)cc1. The smallest absolute Gasteiger partial charge is 0.296 e. The number of aliphatic hydroxyl groups is 2. The van der Waals surface area contributed by atoms with E-state index in [2.05, 4.69) is 15.0 Å². The zero-order valence-corrected chi connectivity index (χ0v) is 22.5. The zero-order chi connectivity index (χ0) is 27.1. The molecule has 0 unspecified atom stereocenters. The summed E-state index contributed by atoms with van der Waals surface area (Å²) in [5, 5.41) is 19.7. The number of aromatic amines is 1. The molecule has 2 aromatic carbocycles. The van der Waals surface area contributed by atoms with Crippen LogP contribution >= 0.6 is 11.6 Å². The Morgan fingerprint density at radius 3 is 2.33 bits per heavy atom. The summed E-state index contributed by atoms with van der Waals surface area (Å²) in [5.74, 6) is 0.537. The first-order valence-corrected chi connectivity index (χ1v) is 14.9. The summed E-state index contributed by atoms with van der Waals surface area (Å²) in [6.45, 7) is -0.0221. The summed E-state index contributed by atoms with van der Waals surface area (Å²) in [7, 11) is -3.24. The second kappa shape index (κ2) is 10.5. The highest BCUT2D eigenvalue weighted by Gasteiger charge is 2.31. The molecule has 1 saturated carbocycles. The highest BCUT2D eigenvalue weighted by molar-refractivity contribution is 7.91. The van der Waals surface area contributed by atoms with Gasteiger partial charge in [0.05, 0.1) is 46.2 Å². The number of pyridine rings is 1. The quantitative estimate of drug-likeness (QED) is 0.290. The number of halogens is 1. The van der Waals surface area contributed by atoms with Crippen molar-refractivity contribution in [3.63, 3.8) is 0 Å². The van der Waals surface area contributed by atoms with Crippen LogP contribution in [-0.4, -0.2) is 70.9 Å². The number of benzene rings is 2. The van der Waals surface area contributed by atoms with Gasteiger partial charge in [-0.15, -0.1) is 0 Å². The van der Waals surface area contributed by atoms with Crippen LogP contribution in [0.25, 0.3) is 33.5 Å². The number of nitrogens with zero attached hydrogens (tertiary/aromatic N) is 2. The molecule has 39 heavy (non-hydrogen) atoms. The molecule has 0 spiro atoms. The maximum absolute atomic E-state index is 12.5. The Morgan fingerprint density at radius 1 is 1.03 bits per heavy atom. The van der Waals surface area contributed by atoms with Gasteiger partial charge in [-0.3, -0.25) is 0 Å². The Kier molecular flexibility index (Phi) is 7.07. The number of aliphatic hydroxyl groups excluding tert-OH is 2. The first-order chi connectivity index (χ1) is 18.8. The highest BCUT2D eigenvalue weighted by atomic mass is 35.5. The summed E-state index contributed by atoms with van der Waals surface area (Å²) in [6, 6.07) is 16.7. The van der Waals surface area contributed by atoms with Crippen LogP contribution in [-0.2, 0) is 14.6 Å². The first-order valence-electron chi connectivity index (χ1n) is 12.9. The molecule has 204 valence electrons. The van der Waals surface area contributed by atoms with E-state index < -0.39 is 28.1 Å². The molecule has 1 aliphatic carbocycles. The molecule has 0 amide bonds. The minimum atomic E-state index is -3.24. The third kappa shape index (κ3) is 5.66. The zero-order valence-electron chi connectivity index (χ0n) is 21.0. The average Bonchev–Trinajstić information content (AvgIpc) is 3.65. The van der Waals surface area contributed by atoms with E-state index in [4.69, 9.17) is 21.1 Å². The first kappa shape index (κ1) is 26.2. The van der Waals surface area contributed by atoms with Crippen molar-refractivity contribution in [1.82, 2.24) is 15.0 Å². The van der Waals surface area contributed by atoms with E-state index in [9.17, 15) is 18.6 Å². The number of ether oxygens (including phenoxy) is 2. The number of hydrogen-bond acceptors (Lipinski definition) is 8. The lowest BCUT2D eigenvalue weighted by molar-refractivity contribution is -0.131. The summed E-state index contributed by atoms with van der Waals surface area (Å²) in [6.07, 6.45) is 0.460. The fourth-order valence-corrected chi connectivity index (χ4v) is 6.72. The van der Waals surface area contributed by atoms with Gasteiger partial charge in [0.15, 0.2) is 15.5 Å². The van der Waals surface area contributed by atoms with Crippen LogP contribution in [0.2, 0.25) is 5.02 Å². The number of nitrogens with one attached hydrogen (secondary N) is 1. The molecule has 11 heteroatoms. The molecule has 6 rings (SSSR count). The molecule has 2 aromatic heterocycles. The number of H-pyrrole nitrogens is 1. The molecular weight excluding hydrogens is 542 g/mol. The van der Waals surface area contributed by atoms with Crippen LogP contribution in [0.5, 0.6) is 6.01 Å². The van der Waals surface area contributed by atoms with E-state index in [1.807, 2.05) is 36.4 Å². The van der Waals surface area contributed by atoms with E-state index in [-0.39, 0.29) is 25.0 Å². The van der Waals surface area contributed by atoms with Gasteiger partial charge < -0.3 is 24.7 Å². The van der Waals surface area contributed by atoms with Gasteiger partial charge in [-0.1, -0.05) is 48.0 Å². The number of aromatic nitrogens is 3. The van der Waals surface area contributed by atoms with Crippen molar-refractivity contribution in [3.05, 3.63) is 59.6 Å². The minimum absolute atomic E-state index is 0.226. The predicted octanol–water partition coefficient (Wildman–Crippen LogP) is 4.02. The molecule has 2 aliphatic rings. The minimum Gasteiger partial charge on any atom is -0.459 e. The van der Waals surface area contributed by atoms with Gasteiger partial charge in [0.25, 0.3) is 6.01 Å². The third-order valence-corrected chi connectivity index (χ3v) is 9.34. The third-order valence-electron chi connectivity index (χ3n) is 7.15. The van der Waals surface area contributed by atoms with Gasteiger partial charge >= 0.3 is 0 Å². The van der Waals surface area contributed by atoms with Crippen molar-refractivity contribution in [3.8, 4) is 28.4 Å². The number of fused-ring (bicyclic) bond motifs is 1. The summed E-state index contributed by atoms with van der Waals surface area (Å²) < 4.78 is 36.4. The largest absolute Gasteiger partial charge is 0.459 e. The Labute approximate surface area is 230 Å². The van der Waals surface area contributed by atoms with Crippen molar-refractivity contribution >= 4 is 32.6 Å². The lowest BCUT2D eigenvalue weighted by Gasteiger charge is -2.31. The molecule has 3 heterocycles. The van der Waals surface area contributed by atoms with Gasteiger partial charge in [0, 0.05) is 12.0 Å². The van der Waals surface area contributed by atoms with E-state index >= 15 is 0 Å². The Balaban J connectivity index is 1.18. The maximum atomic E-state index is 12.5.